The van der Waals surface area contributed by atoms with Crippen LogP contribution in [0.4, 0.5) is 0 Å². The van der Waals surface area contributed by atoms with Gasteiger partial charge in [-0.05, 0) is 44.9 Å². The molecule has 48 heavy (non-hydrogen) atoms. The van der Waals surface area contributed by atoms with E-state index in [4.69, 9.17) is 14.2 Å². The summed E-state index contributed by atoms with van der Waals surface area (Å²) in [6.07, 6.45) is 38.6. The third-order valence-electron chi connectivity index (χ3n) is 7.83. The fourth-order valence-electron chi connectivity index (χ4n) is 4.88. The third-order valence-corrected chi connectivity index (χ3v) is 7.83. The number of nitrogens with zero attached hydrogens (tertiary/aromatic N) is 1. The van der Waals surface area contributed by atoms with Crippen LogP contribution in [0.5, 0.6) is 0 Å². The third kappa shape index (κ3) is 35.1. The number of rotatable bonds is 34. The van der Waals surface area contributed by atoms with Crippen molar-refractivity contribution < 1.29 is 38.5 Å². The van der Waals surface area contributed by atoms with Crippen molar-refractivity contribution in [3.63, 3.8) is 0 Å². The number of hydrogen-bond donors (Lipinski definition) is 2. The van der Waals surface area contributed by atoms with E-state index in [0.29, 0.717) is 17.4 Å². The first-order valence-corrected chi connectivity index (χ1v) is 18.9. The molecule has 0 heterocycles. The first kappa shape index (κ1) is 45.7. The number of aliphatic hydroxyl groups excluding tert-OH is 1. The molecule has 0 aromatic heterocycles. The lowest BCUT2D eigenvalue weighted by Gasteiger charge is -2.24. The van der Waals surface area contributed by atoms with Gasteiger partial charge in [-0.25, -0.2) is 4.79 Å². The maximum atomic E-state index is 12.0. The molecule has 0 radical (unpaired) electrons. The second-order valence-corrected chi connectivity index (χ2v) is 13.7. The summed E-state index contributed by atoms with van der Waals surface area (Å²) >= 11 is 0. The van der Waals surface area contributed by atoms with Crippen molar-refractivity contribution in [2.24, 2.45) is 0 Å². The van der Waals surface area contributed by atoms with E-state index in [1.54, 1.807) is 0 Å². The summed E-state index contributed by atoms with van der Waals surface area (Å²) in [7, 11) is 5.91. The van der Waals surface area contributed by atoms with Crippen LogP contribution in [0.2, 0.25) is 0 Å². The smallest absolute Gasteiger partial charge is 0.361 e. The summed E-state index contributed by atoms with van der Waals surface area (Å²) < 4.78 is 16.2. The van der Waals surface area contributed by atoms with Gasteiger partial charge in [0.25, 0.3) is 6.29 Å². The van der Waals surface area contributed by atoms with Crippen LogP contribution in [-0.4, -0.2) is 86.5 Å². The van der Waals surface area contributed by atoms with E-state index in [9.17, 15) is 19.8 Å². The van der Waals surface area contributed by atoms with E-state index in [-0.39, 0.29) is 25.8 Å². The van der Waals surface area contributed by atoms with Crippen molar-refractivity contribution >= 4 is 11.9 Å². The number of allylic oxidation sites excluding steroid dienone is 8. The van der Waals surface area contributed by atoms with E-state index in [1.165, 1.54) is 77.0 Å². The molecular formula is C40H72NO7+. The fraction of sp³-hybridized carbons (Fsp3) is 0.750. The van der Waals surface area contributed by atoms with Gasteiger partial charge in [-0.3, -0.25) is 4.79 Å². The van der Waals surface area contributed by atoms with E-state index in [1.807, 2.05) is 21.1 Å². The molecule has 2 unspecified atom stereocenters. The summed E-state index contributed by atoms with van der Waals surface area (Å²) in [5.41, 5.74) is 0. The van der Waals surface area contributed by atoms with Gasteiger partial charge in [0.15, 0.2) is 0 Å². The minimum atomic E-state index is -1.46. The Bertz CT molecular complexity index is 875. The number of hydrogen-bond acceptors (Lipinski definition) is 6. The number of aliphatic carboxylic acids is 1. The second kappa shape index (κ2) is 33.2. The number of unbranched alkanes of at least 4 members (excludes halogenated alkanes) is 14. The van der Waals surface area contributed by atoms with Crippen LogP contribution in [0.25, 0.3) is 0 Å². The van der Waals surface area contributed by atoms with Crippen LogP contribution >= 0.6 is 0 Å². The molecule has 2 atom stereocenters. The van der Waals surface area contributed by atoms with Crippen LogP contribution in [-0.2, 0) is 23.8 Å². The first-order valence-electron chi connectivity index (χ1n) is 18.9. The molecule has 0 spiro atoms. The van der Waals surface area contributed by atoms with Crippen molar-refractivity contribution in [3.8, 4) is 0 Å². The van der Waals surface area contributed by atoms with Crippen molar-refractivity contribution in [1.29, 1.82) is 0 Å². The van der Waals surface area contributed by atoms with Crippen molar-refractivity contribution in [2.75, 3.05) is 47.5 Å². The molecule has 0 aliphatic heterocycles. The Labute approximate surface area is 293 Å². The lowest BCUT2D eigenvalue weighted by Crippen LogP contribution is -2.40. The number of carboxylic acid groups (broad SMARTS) is 1. The van der Waals surface area contributed by atoms with E-state index in [0.717, 1.165) is 44.9 Å². The zero-order valence-corrected chi connectivity index (χ0v) is 31.1. The molecule has 0 aromatic rings. The van der Waals surface area contributed by atoms with Gasteiger partial charge >= 0.3 is 11.9 Å². The Morgan fingerprint density at radius 2 is 1.08 bits per heavy atom. The largest absolute Gasteiger partial charge is 0.477 e. The van der Waals surface area contributed by atoms with Crippen LogP contribution < -0.4 is 0 Å². The Hall–Kier alpha value is -2.26. The summed E-state index contributed by atoms with van der Waals surface area (Å²) in [6, 6.07) is 0. The highest BCUT2D eigenvalue weighted by molar-refractivity contribution is 5.70. The summed E-state index contributed by atoms with van der Waals surface area (Å²) in [6.45, 7) is 2.47. The summed E-state index contributed by atoms with van der Waals surface area (Å²) in [5.74, 6) is -1.61. The predicted molar refractivity (Wildman–Crippen MR) is 198 cm³/mol. The molecule has 0 amide bonds. The van der Waals surface area contributed by atoms with Gasteiger partial charge in [0.1, 0.15) is 19.3 Å². The van der Waals surface area contributed by atoms with Gasteiger partial charge in [0, 0.05) is 6.42 Å². The Kier molecular flexibility index (Phi) is 31.7. The summed E-state index contributed by atoms with van der Waals surface area (Å²) in [4.78, 5) is 23.3. The molecule has 0 aliphatic carbocycles. The van der Waals surface area contributed by atoms with Crippen LogP contribution in [0.1, 0.15) is 135 Å². The van der Waals surface area contributed by atoms with E-state index >= 15 is 0 Å². The number of carboxylic acids is 1. The molecule has 0 fully saturated rings. The highest BCUT2D eigenvalue weighted by Gasteiger charge is 2.22. The Morgan fingerprint density at radius 3 is 1.56 bits per heavy atom. The highest BCUT2D eigenvalue weighted by atomic mass is 16.7. The Balaban J connectivity index is 3.50. The predicted octanol–water partition coefficient (Wildman–Crippen LogP) is 9.09. The minimum absolute atomic E-state index is 0.209. The number of carbonyl (C=O) groups is 2. The van der Waals surface area contributed by atoms with Gasteiger partial charge in [0.2, 0.25) is 0 Å². The van der Waals surface area contributed by atoms with Gasteiger partial charge in [-0.1, -0.05) is 133 Å². The maximum absolute atomic E-state index is 12.0. The monoisotopic (exact) mass is 679 g/mol. The number of esters is 1. The molecule has 0 aliphatic rings. The van der Waals surface area contributed by atoms with Crippen molar-refractivity contribution in [3.05, 3.63) is 48.6 Å². The van der Waals surface area contributed by atoms with Crippen LogP contribution in [0.3, 0.4) is 0 Å². The molecule has 0 rings (SSSR count). The lowest BCUT2D eigenvalue weighted by molar-refractivity contribution is -0.870. The number of aliphatic hydroxyl groups is 1. The van der Waals surface area contributed by atoms with Gasteiger partial charge < -0.3 is 28.9 Å². The number of likely N-dealkylation sites (N-methyl/N-ethyl adjacent to an activating group) is 1. The molecule has 0 aromatic carbocycles. The minimum Gasteiger partial charge on any atom is -0.477 e. The van der Waals surface area contributed by atoms with Crippen LogP contribution in [0, 0.1) is 0 Å². The number of ether oxygens (including phenoxy) is 3. The first-order chi connectivity index (χ1) is 23.2. The van der Waals surface area contributed by atoms with Crippen molar-refractivity contribution in [1.82, 2.24) is 0 Å². The molecule has 8 heteroatoms. The van der Waals surface area contributed by atoms with E-state index < -0.39 is 18.4 Å². The normalized spacial score (nSPS) is 13.8. The Morgan fingerprint density at radius 1 is 0.625 bits per heavy atom. The van der Waals surface area contributed by atoms with E-state index in [2.05, 4.69) is 55.5 Å². The molecule has 2 N–H and O–H groups in total. The SMILES string of the molecule is CC/C=C\C/C=C\C/C=C\C/C=C\CCCCCCCCCCCCCCCCC(=O)OCC(O)COC(OCC[N+](C)(C)C)C(=O)O. The molecular weight excluding hydrogens is 606 g/mol. The summed E-state index contributed by atoms with van der Waals surface area (Å²) in [5, 5.41) is 19.2. The topological polar surface area (TPSA) is 102 Å². The molecule has 0 bridgehead atoms. The highest BCUT2D eigenvalue weighted by Crippen LogP contribution is 2.14. The zero-order chi connectivity index (χ0) is 35.6. The average Bonchev–Trinajstić information content (AvgIpc) is 3.04. The lowest BCUT2D eigenvalue weighted by atomic mass is 10.0. The second-order valence-electron chi connectivity index (χ2n) is 13.7. The van der Waals surface area contributed by atoms with Crippen LogP contribution in [0.15, 0.2) is 48.6 Å². The molecule has 8 nitrogen and oxygen atoms in total. The maximum Gasteiger partial charge on any atom is 0.361 e. The zero-order valence-electron chi connectivity index (χ0n) is 31.1. The molecule has 0 saturated carbocycles. The van der Waals surface area contributed by atoms with Gasteiger partial charge in [-0.15, -0.1) is 0 Å². The molecule has 0 saturated heterocycles. The average molecular weight is 679 g/mol. The standard InChI is InChI=1S/C40H71NO7/c1-5-6-7-8-9-10-11-12-13-14-15-16-17-18-19-20-21-22-23-24-25-26-27-28-29-30-31-32-38(43)47-35-37(42)36-48-40(39(44)45)46-34-33-41(2,3)4/h6-7,9-10,12-13,15-16,37,40,42H,5,8,11,14,17-36H2,1-4H3/p+1/b7-6-,10-9-,13-12-,16-15-. The fourth-order valence-corrected chi connectivity index (χ4v) is 4.88. The van der Waals surface area contributed by atoms with Gasteiger partial charge in [0.05, 0.1) is 34.4 Å². The number of quaternary nitrogens is 1. The quantitative estimate of drug-likeness (QED) is 0.0230. The van der Waals surface area contributed by atoms with Gasteiger partial charge in [-0.2, -0.15) is 0 Å². The van der Waals surface area contributed by atoms with Crippen molar-refractivity contribution in [2.45, 2.75) is 148 Å². The molecule has 278 valence electrons. The number of carbonyl (C=O) groups excluding carboxylic acids is 1.